The van der Waals surface area contributed by atoms with Crippen molar-refractivity contribution in [1.29, 1.82) is 0 Å². The van der Waals surface area contributed by atoms with Gasteiger partial charge in [-0.05, 0) is 27.6 Å². The minimum Gasteiger partial charge on any atom is -0.235 e. The van der Waals surface area contributed by atoms with Gasteiger partial charge in [0.1, 0.15) is 11.0 Å². The van der Waals surface area contributed by atoms with Crippen LogP contribution in [-0.2, 0) is 11.2 Å². The number of aromatic nitrogens is 2. The standard InChI is InChI=1S/C13H20BrClN2S/c1-8(2)6-18-7-9-16-11(13(3,4)5)10(14)12(15)17-9/h8H,6-7H2,1-5H3. The molecule has 1 heterocycles. The number of hydrogen-bond donors (Lipinski definition) is 0. The van der Waals surface area contributed by atoms with Gasteiger partial charge in [0, 0.05) is 5.41 Å². The highest BCUT2D eigenvalue weighted by atomic mass is 79.9. The third-order valence-corrected chi connectivity index (χ3v) is 4.87. The molecular weight excluding hydrogens is 332 g/mol. The highest BCUT2D eigenvalue weighted by Gasteiger charge is 2.22. The van der Waals surface area contributed by atoms with Gasteiger partial charge >= 0.3 is 0 Å². The summed E-state index contributed by atoms with van der Waals surface area (Å²) in [6.07, 6.45) is 0. The number of hydrogen-bond acceptors (Lipinski definition) is 3. The van der Waals surface area contributed by atoms with E-state index in [9.17, 15) is 0 Å². The van der Waals surface area contributed by atoms with Crippen molar-refractivity contribution in [3.63, 3.8) is 0 Å². The van der Waals surface area contributed by atoms with E-state index in [0.717, 1.165) is 27.5 Å². The Morgan fingerprint density at radius 3 is 2.39 bits per heavy atom. The Morgan fingerprint density at radius 1 is 1.28 bits per heavy atom. The summed E-state index contributed by atoms with van der Waals surface area (Å²) in [6.45, 7) is 10.8. The largest absolute Gasteiger partial charge is 0.235 e. The Bertz CT molecular complexity index is 416. The van der Waals surface area contributed by atoms with E-state index >= 15 is 0 Å². The molecular formula is C13H20BrClN2S. The summed E-state index contributed by atoms with van der Waals surface area (Å²) < 4.78 is 0.814. The predicted molar refractivity (Wildman–Crippen MR) is 84.4 cm³/mol. The topological polar surface area (TPSA) is 25.8 Å². The highest BCUT2D eigenvalue weighted by molar-refractivity contribution is 9.10. The van der Waals surface area contributed by atoms with Gasteiger partial charge in [-0.2, -0.15) is 11.8 Å². The van der Waals surface area contributed by atoms with Crippen LogP contribution in [-0.4, -0.2) is 15.7 Å². The molecule has 0 aromatic carbocycles. The molecule has 0 unspecified atom stereocenters. The molecule has 0 spiro atoms. The van der Waals surface area contributed by atoms with Crippen molar-refractivity contribution in [1.82, 2.24) is 9.97 Å². The molecule has 102 valence electrons. The van der Waals surface area contributed by atoms with Crippen LogP contribution in [0.1, 0.15) is 46.1 Å². The van der Waals surface area contributed by atoms with Crippen molar-refractivity contribution in [3.8, 4) is 0 Å². The molecule has 2 nitrogen and oxygen atoms in total. The second-order valence-corrected chi connectivity index (χ2v) is 7.93. The first-order chi connectivity index (χ1) is 8.21. The molecule has 0 aliphatic heterocycles. The van der Waals surface area contributed by atoms with Crippen molar-refractivity contribution in [2.75, 3.05) is 5.75 Å². The molecule has 0 amide bonds. The van der Waals surface area contributed by atoms with Crippen LogP contribution in [0.15, 0.2) is 4.47 Å². The molecule has 0 N–H and O–H groups in total. The Morgan fingerprint density at radius 2 is 1.89 bits per heavy atom. The van der Waals surface area contributed by atoms with Gasteiger partial charge in [0.05, 0.1) is 15.9 Å². The van der Waals surface area contributed by atoms with Gasteiger partial charge in [-0.3, -0.25) is 0 Å². The van der Waals surface area contributed by atoms with Crippen molar-refractivity contribution in [2.24, 2.45) is 5.92 Å². The molecule has 5 heteroatoms. The maximum atomic E-state index is 6.16. The fourth-order valence-corrected chi connectivity index (χ4v) is 3.27. The summed E-state index contributed by atoms with van der Waals surface area (Å²) in [5.74, 6) is 3.43. The number of halogens is 2. The maximum Gasteiger partial charge on any atom is 0.147 e. The first-order valence-electron chi connectivity index (χ1n) is 6.02. The highest BCUT2D eigenvalue weighted by Crippen LogP contribution is 2.32. The molecule has 0 saturated heterocycles. The SMILES string of the molecule is CC(C)CSCc1nc(Cl)c(Br)c(C(C)(C)C)n1. The van der Waals surface area contributed by atoms with Gasteiger partial charge in [0.25, 0.3) is 0 Å². The van der Waals surface area contributed by atoms with E-state index < -0.39 is 0 Å². The van der Waals surface area contributed by atoms with Crippen molar-refractivity contribution < 1.29 is 0 Å². The smallest absolute Gasteiger partial charge is 0.147 e. The van der Waals surface area contributed by atoms with Crippen LogP contribution in [0.3, 0.4) is 0 Å². The van der Waals surface area contributed by atoms with Crippen LogP contribution >= 0.6 is 39.3 Å². The van der Waals surface area contributed by atoms with Crippen LogP contribution in [0, 0.1) is 5.92 Å². The van der Waals surface area contributed by atoms with E-state index in [1.54, 1.807) is 0 Å². The predicted octanol–water partition coefficient (Wildman–Crippen LogP) is 5.08. The zero-order valence-electron chi connectivity index (χ0n) is 11.6. The lowest BCUT2D eigenvalue weighted by Gasteiger charge is -2.20. The van der Waals surface area contributed by atoms with E-state index in [1.807, 2.05) is 11.8 Å². The van der Waals surface area contributed by atoms with Crippen LogP contribution in [0.5, 0.6) is 0 Å². The number of nitrogens with zero attached hydrogens (tertiary/aromatic N) is 2. The molecule has 0 fully saturated rings. The fourth-order valence-electron chi connectivity index (χ4n) is 1.41. The van der Waals surface area contributed by atoms with Gasteiger partial charge in [-0.1, -0.05) is 46.2 Å². The molecule has 0 atom stereocenters. The molecule has 1 rings (SSSR count). The number of thioether (sulfide) groups is 1. The first kappa shape index (κ1) is 16.3. The van der Waals surface area contributed by atoms with Crippen LogP contribution in [0.2, 0.25) is 5.15 Å². The zero-order valence-corrected chi connectivity index (χ0v) is 14.7. The minimum absolute atomic E-state index is 0.0388. The molecule has 18 heavy (non-hydrogen) atoms. The normalized spacial score (nSPS) is 12.2. The van der Waals surface area contributed by atoms with E-state index in [2.05, 4.69) is 60.5 Å². The molecule has 0 radical (unpaired) electrons. The van der Waals surface area contributed by atoms with Crippen molar-refractivity contribution in [3.05, 3.63) is 21.1 Å². The third-order valence-electron chi connectivity index (χ3n) is 2.25. The van der Waals surface area contributed by atoms with Gasteiger partial charge in [-0.15, -0.1) is 0 Å². The lowest BCUT2D eigenvalue weighted by molar-refractivity contribution is 0.560. The number of rotatable bonds is 4. The van der Waals surface area contributed by atoms with Crippen LogP contribution in [0.4, 0.5) is 0 Å². The fraction of sp³-hybridized carbons (Fsp3) is 0.692. The molecule has 0 aliphatic rings. The molecule has 0 aliphatic carbocycles. The van der Waals surface area contributed by atoms with Crippen molar-refractivity contribution >= 4 is 39.3 Å². The maximum absolute atomic E-state index is 6.16. The monoisotopic (exact) mass is 350 g/mol. The minimum atomic E-state index is -0.0388. The first-order valence-corrected chi connectivity index (χ1v) is 8.34. The Balaban J connectivity index is 2.91. The summed E-state index contributed by atoms with van der Waals surface area (Å²) in [6, 6.07) is 0. The Hall–Kier alpha value is 0.200. The summed E-state index contributed by atoms with van der Waals surface area (Å²) >= 11 is 11.5. The molecule has 0 bridgehead atoms. The molecule has 0 saturated carbocycles. The third kappa shape index (κ3) is 4.71. The summed E-state index contributed by atoms with van der Waals surface area (Å²) in [4.78, 5) is 8.97. The second-order valence-electron chi connectivity index (χ2n) is 5.75. The van der Waals surface area contributed by atoms with Crippen LogP contribution in [0.25, 0.3) is 0 Å². The van der Waals surface area contributed by atoms with Gasteiger partial charge in [-0.25, -0.2) is 9.97 Å². The van der Waals surface area contributed by atoms with Crippen LogP contribution < -0.4 is 0 Å². The summed E-state index contributed by atoms with van der Waals surface area (Å²) in [7, 11) is 0. The van der Waals surface area contributed by atoms with Gasteiger partial charge in [0.2, 0.25) is 0 Å². The summed E-state index contributed by atoms with van der Waals surface area (Å²) in [5, 5.41) is 0.509. The van der Waals surface area contributed by atoms with E-state index in [1.165, 1.54) is 0 Å². The molecule has 1 aromatic rings. The van der Waals surface area contributed by atoms with E-state index in [4.69, 9.17) is 11.6 Å². The van der Waals surface area contributed by atoms with Crippen molar-refractivity contribution in [2.45, 2.75) is 45.8 Å². The second kappa shape index (κ2) is 6.58. The zero-order chi connectivity index (χ0) is 13.9. The summed E-state index contributed by atoms with van der Waals surface area (Å²) in [5.41, 5.74) is 0.936. The lowest BCUT2D eigenvalue weighted by atomic mass is 9.92. The Labute approximate surface area is 127 Å². The average Bonchev–Trinajstić information content (AvgIpc) is 2.20. The van der Waals surface area contributed by atoms with Gasteiger partial charge in [0.15, 0.2) is 0 Å². The quantitative estimate of drug-likeness (QED) is 0.707. The van der Waals surface area contributed by atoms with Gasteiger partial charge < -0.3 is 0 Å². The Kier molecular flexibility index (Phi) is 5.94. The molecule has 1 aromatic heterocycles. The average molecular weight is 352 g/mol. The van der Waals surface area contributed by atoms with E-state index in [0.29, 0.717) is 11.1 Å². The lowest BCUT2D eigenvalue weighted by Crippen LogP contribution is -2.16. The van der Waals surface area contributed by atoms with E-state index in [-0.39, 0.29) is 5.41 Å².